The Labute approximate surface area is 443 Å². The van der Waals surface area contributed by atoms with Gasteiger partial charge in [0, 0.05) is 34.4 Å². The standard InChI is InChI=1S/C62H62N6O8/c1-35-9-19-47(39(5)29-35)55-63-56(48-20-10-36(2)30-40(48)6)66-59(65-55)51-23-17-45(33-53(51)69)73-25-27-75-61(71)43-13-15-44(16-14-43)62(72)76-28-26-74-46-18-24-52(54(70)34-46)60-67-57(49-21-11-37(3)31-41(49)7)64-58(68-60)50-22-12-38(4)32-42(50)8/h9-12,17-24,29-34,43-44,69-70H,13-16,25-28H2,1-8H3. The van der Waals surface area contributed by atoms with Gasteiger partial charge in [0.15, 0.2) is 34.9 Å². The van der Waals surface area contributed by atoms with Gasteiger partial charge in [-0.05, 0) is 128 Å². The molecule has 0 radical (unpaired) electrons. The summed E-state index contributed by atoms with van der Waals surface area (Å²) in [4.78, 5) is 55.1. The lowest BCUT2D eigenvalue weighted by Crippen LogP contribution is -2.29. The number of phenolic OH excluding ortho intramolecular Hbond substituents is 2. The predicted octanol–water partition coefficient (Wildman–Crippen LogP) is 12.3. The molecule has 0 bridgehead atoms. The number of carbonyl (C=O) groups excluding carboxylic acids is 2. The van der Waals surface area contributed by atoms with Crippen LogP contribution in [0.2, 0.25) is 0 Å². The third kappa shape index (κ3) is 12.2. The molecule has 0 unspecified atom stereocenters. The zero-order valence-corrected chi connectivity index (χ0v) is 44.2. The fourth-order valence-corrected chi connectivity index (χ4v) is 9.72. The molecule has 2 aromatic heterocycles. The first kappa shape index (κ1) is 52.3. The molecule has 1 aliphatic rings. The summed E-state index contributed by atoms with van der Waals surface area (Å²) in [5.74, 6) is 1.90. The zero-order chi connectivity index (χ0) is 53.6. The Bertz CT molecular complexity index is 3110. The molecule has 8 aromatic rings. The SMILES string of the molecule is Cc1ccc(-c2nc(-c3ccc(C)cc3C)nc(-c3ccc(OCCOC(=O)C4CCC(C(=O)OCCOc5ccc(-c6nc(-c7ccc(C)cc7C)nc(-c7ccc(C)cc7C)n6)c(O)c5)CC4)cc3O)n2)c(C)c1. The third-order valence-electron chi connectivity index (χ3n) is 13.8. The van der Waals surface area contributed by atoms with Gasteiger partial charge in [0.05, 0.1) is 23.0 Å². The van der Waals surface area contributed by atoms with Crippen molar-refractivity contribution in [3.63, 3.8) is 0 Å². The Hall–Kier alpha value is -8.52. The molecule has 2 N–H and O–H groups in total. The first-order valence-electron chi connectivity index (χ1n) is 25.6. The quantitative estimate of drug-likeness (QED) is 0.0687. The highest BCUT2D eigenvalue weighted by Gasteiger charge is 2.32. The number of nitrogens with zero attached hydrogens (tertiary/aromatic N) is 6. The Balaban J connectivity index is 0.737. The lowest BCUT2D eigenvalue weighted by atomic mass is 9.82. The highest BCUT2D eigenvalue weighted by atomic mass is 16.6. The summed E-state index contributed by atoms with van der Waals surface area (Å²) in [7, 11) is 0. The third-order valence-corrected chi connectivity index (χ3v) is 13.8. The van der Waals surface area contributed by atoms with Crippen molar-refractivity contribution >= 4 is 11.9 Å². The fraction of sp³-hybridized carbons (Fsp3) is 0.290. The van der Waals surface area contributed by atoms with Crippen LogP contribution >= 0.6 is 0 Å². The van der Waals surface area contributed by atoms with Crippen molar-refractivity contribution in [1.82, 2.24) is 29.9 Å². The molecule has 9 rings (SSSR count). The summed E-state index contributed by atoms with van der Waals surface area (Å²) < 4.78 is 22.9. The Kier molecular flexibility index (Phi) is 15.8. The minimum absolute atomic E-state index is 0.0106. The van der Waals surface area contributed by atoms with Crippen LogP contribution in [0, 0.1) is 67.2 Å². The normalized spacial score (nSPS) is 14.3. The first-order valence-corrected chi connectivity index (χ1v) is 25.6. The minimum atomic E-state index is -0.344. The molecule has 1 saturated carbocycles. The average molecular weight is 1020 g/mol. The van der Waals surface area contributed by atoms with Gasteiger partial charge in [0.25, 0.3) is 0 Å². The molecule has 0 spiro atoms. The number of carbonyl (C=O) groups is 2. The number of benzene rings is 6. The highest BCUT2D eigenvalue weighted by Crippen LogP contribution is 2.37. The second kappa shape index (κ2) is 22.9. The number of phenols is 2. The molecule has 76 heavy (non-hydrogen) atoms. The molecular weight excluding hydrogens is 957 g/mol. The van der Waals surface area contributed by atoms with E-state index in [1.54, 1.807) is 24.3 Å². The Morgan fingerprint density at radius 3 is 0.908 bits per heavy atom. The summed E-state index contributed by atoms with van der Waals surface area (Å²) in [6.07, 6.45) is 1.96. The number of rotatable bonds is 16. The largest absolute Gasteiger partial charge is 0.507 e. The molecule has 2 heterocycles. The van der Waals surface area contributed by atoms with Gasteiger partial charge in [-0.1, -0.05) is 95.1 Å². The number of aromatic nitrogens is 6. The van der Waals surface area contributed by atoms with E-state index in [1.165, 1.54) is 12.1 Å². The molecule has 0 saturated heterocycles. The summed E-state index contributed by atoms with van der Waals surface area (Å²) in [5.41, 5.74) is 12.9. The molecule has 6 aromatic carbocycles. The zero-order valence-electron chi connectivity index (χ0n) is 44.2. The van der Waals surface area contributed by atoms with Crippen LogP contribution in [-0.2, 0) is 19.1 Å². The molecule has 1 fully saturated rings. The molecule has 14 nitrogen and oxygen atoms in total. The summed E-state index contributed by atoms with van der Waals surface area (Å²) in [6, 6.07) is 34.3. The van der Waals surface area contributed by atoms with Crippen LogP contribution in [-0.4, -0.2) is 78.5 Å². The van der Waals surface area contributed by atoms with E-state index >= 15 is 0 Å². The number of hydrogen-bond donors (Lipinski definition) is 2. The van der Waals surface area contributed by atoms with Crippen molar-refractivity contribution in [3.05, 3.63) is 154 Å². The Morgan fingerprint density at radius 2 is 0.645 bits per heavy atom. The van der Waals surface area contributed by atoms with E-state index in [0.29, 0.717) is 83.3 Å². The molecule has 14 heteroatoms. The van der Waals surface area contributed by atoms with Gasteiger partial charge >= 0.3 is 11.9 Å². The smallest absolute Gasteiger partial charge is 0.309 e. The van der Waals surface area contributed by atoms with Crippen LogP contribution in [0.3, 0.4) is 0 Å². The highest BCUT2D eigenvalue weighted by molar-refractivity contribution is 5.76. The second-order valence-corrected chi connectivity index (χ2v) is 19.8. The molecule has 1 aliphatic carbocycles. The second-order valence-electron chi connectivity index (χ2n) is 19.8. The molecular formula is C62H62N6O8. The van der Waals surface area contributed by atoms with Gasteiger partial charge in [0.2, 0.25) is 0 Å². The average Bonchev–Trinajstić information content (AvgIpc) is 3.39. The Morgan fingerprint density at radius 1 is 0.382 bits per heavy atom. The number of aryl methyl sites for hydroxylation is 8. The van der Waals surface area contributed by atoms with Crippen LogP contribution in [0.15, 0.2) is 109 Å². The van der Waals surface area contributed by atoms with Crippen LogP contribution in [0.25, 0.3) is 68.3 Å². The van der Waals surface area contributed by atoms with Crippen molar-refractivity contribution < 1.29 is 38.7 Å². The maximum atomic E-state index is 13.0. The summed E-state index contributed by atoms with van der Waals surface area (Å²) in [6.45, 7) is 16.4. The van der Waals surface area contributed by atoms with E-state index in [1.807, 2.05) is 104 Å². The van der Waals surface area contributed by atoms with Crippen LogP contribution in [0.1, 0.15) is 70.2 Å². The number of esters is 2. The van der Waals surface area contributed by atoms with E-state index in [9.17, 15) is 19.8 Å². The topological polar surface area (TPSA) is 189 Å². The molecule has 0 amide bonds. The summed E-state index contributed by atoms with van der Waals surface area (Å²) in [5, 5.41) is 22.5. The van der Waals surface area contributed by atoms with Crippen molar-refractivity contribution in [3.8, 4) is 91.3 Å². The lowest BCUT2D eigenvalue weighted by molar-refractivity contribution is -0.155. The minimum Gasteiger partial charge on any atom is -0.507 e. The van der Waals surface area contributed by atoms with Gasteiger partial charge in [-0.25, -0.2) is 29.9 Å². The van der Waals surface area contributed by atoms with Crippen LogP contribution < -0.4 is 9.47 Å². The van der Waals surface area contributed by atoms with Crippen LogP contribution in [0.4, 0.5) is 0 Å². The maximum Gasteiger partial charge on any atom is 0.309 e. The van der Waals surface area contributed by atoms with Gasteiger partial charge in [-0.3, -0.25) is 9.59 Å². The van der Waals surface area contributed by atoms with Crippen molar-refractivity contribution in [2.24, 2.45) is 11.8 Å². The van der Waals surface area contributed by atoms with Gasteiger partial charge < -0.3 is 29.2 Å². The van der Waals surface area contributed by atoms with Gasteiger partial charge in [-0.2, -0.15) is 0 Å². The number of hydrogen-bond acceptors (Lipinski definition) is 14. The molecule has 0 aliphatic heterocycles. The van der Waals surface area contributed by atoms with Crippen LogP contribution in [0.5, 0.6) is 23.0 Å². The predicted molar refractivity (Wildman–Crippen MR) is 292 cm³/mol. The van der Waals surface area contributed by atoms with E-state index in [4.69, 9.17) is 48.9 Å². The van der Waals surface area contributed by atoms with E-state index in [2.05, 4.69) is 24.3 Å². The summed E-state index contributed by atoms with van der Waals surface area (Å²) >= 11 is 0. The first-order chi connectivity index (χ1) is 36.6. The van der Waals surface area contributed by atoms with Gasteiger partial charge in [-0.15, -0.1) is 0 Å². The maximum absolute atomic E-state index is 13.0. The number of aromatic hydroxyl groups is 2. The van der Waals surface area contributed by atoms with Crippen molar-refractivity contribution in [1.29, 1.82) is 0 Å². The number of ether oxygens (including phenoxy) is 4. The van der Waals surface area contributed by atoms with E-state index < -0.39 is 0 Å². The monoisotopic (exact) mass is 1020 g/mol. The fourth-order valence-electron chi connectivity index (χ4n) is 9.72. The molecule has 0 atom stereocenters. The van der Waals surface area contributed by atoms with Gasteiger partial charge in [0.1, 0.15) is 49.4 Å². The van der Waals surface area contributed by atoms with Crippen molar-refractivity contribution in [2.75, 3.05) is 26.4 Å². The van der Waals surface area contributed by atoms with E-state index in [0.717, 1.165) is 66.8 Å². The lowest BCUT2D eigenvalue weighted by Gasteiger charge is -2.26. The van der Waals surface area contributed by atoms with Crippen molar-refractivity contribution in [2.45, 2.75) is 81.1 Å². The van der Waals surface area contributed by atoms with E-state index in [-0.39, 0.29) is 61.7 Å². The molecule has 388 valence electrons.